The third-order valence-corrected chi connectivity index (χ3v) is 5.27. The van der Waals surface area contributed by atoms with Gasteiger partial charge >= 0.3 is 6.03 Å². The molecule has 1 unspecified atom stereocenters. The van der Waals surface area contributed by atoms with E-state index in [4.69, 9.17) is 16.3 Å². The number of aromatic nitrogens is 3. The maximum Gasteiger partial charge on any atom is 0.321 e. The van der Waals surface area contributed by atoms with Crippen LogP contribution in [0.4, 0.5) is 10.5 Å². The number of nitrogens with one attached hydrogen (secondary N) is 1. The molecular formula is C20H22ClN5O2. The summed E-state index contributed by atoms with van der Waals surface area (Å²) >= 11 is 6.06. The van der Waals surface area contributed by atoms with Crippen molar-refractivity contribution in [3.05, 3.63) is 47.9 Å². The van der Waals surface area contributed by atoms with Crippen LogP contribution in [0.25, 0.3) is 11.2 Å². The molecule has 146 valence electrons. The Bertz CT molecular complexity index is 990. The Hall–Kier alpha value is -2.80. The Morgan fingerprint density at radius 3 is 3.11 bits per heavy atom. The Labute approximate surface area is 168 Å². The second-order valence-corrected chi connectivity index (χ2v) is 7.41. The molecule has 2 aromatic heterocycles. The van der Waals surface area contributed by atoms with Crippen molar-refractivity contribution in [1.29, 1.82) is 0 Å². The van der Waals surface area contributed by atoms with E-state index in [1.54, 1.807) is 31.5 Å². The van der Waals surface area contributed by atoms with Gasteiger partial charge in [0, 0.05) is 30.9 Å². The summed E-state index contributed by atoms with van der Waals surface area (Å²) in [6, 6.07) is 8.88. The van der Waals surface area contributed by atoms with Crippen molar-refractivity contribution in [3.8, 4) is 5.75 Å². The molecule has 1 fully saturated rings. The molecule has 1 aromatic carbocycles. The molecule has 1 aliphatic rings. The maximum atomic E-state index is 12.8. The van der Waals surface area contributed by atoms with Crippen molar-refractivity contribution in [2.75, 3.05) is 25.5 Å². The van der Waals surface area contributed by atoms with Crippen LogP contribution in [0, 0.1) is 5.92 Å². The molecule has 2 amide bonds. The maximum absolute atomic E-state index is 12.8. The number of likely N-dealkylation sites (tertiary alicyclic amines) is 1. The van der Waals surface area contributed by atoms with Crippen LogP contribution in [0.5, 0.6) is 5.75 Å². The van der Waals surface area contributed by atoms with Gasteiger partial charge in [0.25, 0.3) is 0 Å². The third-order valence-electron chi connectivity index (χ3n) is 5.04. The largest absolute Gasteiger partial charge is 0.495 e. The average molecular weight is 400 g/mol. The lowest BCUT2D eigenvalue weighted by atomic mass is 9.98. The second-order valence-electron chi connectivity index (χ2n) is 6.97. The molecule has 0 saturated carbocycles. The van der Waals surface area contributed by atoms with Crippen molar-refractivity contribution in [2.24, 2.45) is 5.92 Å². The smallest absolute Gasteiger partial charge is 0.321 e. The molecule has 0 bridgehead atoms. The lowest BCUT2D eigenvalue weighted by Crippen LogP contribution is -2.43. The van der Waals surface area contributed by atoms with Gasteiger partial charge in [-0.1, -0.05) is 11.6 Å². The van der Waals surface area contributed by atoms with E-state index in [9.17, 15) is 4.79 Å². The zero-order valence-electron chi connectivity index (χ0n) is 15.6. The third kappa shape index (κ3) is 3.89. The number of benzene rings is 1. The number of hydrogen-bond acceptors (Lipinski definition) is 4. The van der Waals surface area contributed by atoms with Gasteiger partial charge < -0.3 is 19.5 Å². The molecular weight excluding hydrogens is 378 g/mol. The highest BCUT2D eigenvalue weighted by atomic mass is 35.5. The van der Waals surface area contributed by atoms with E-state index >= 15 is 0 Å². The lowest BCUT2D eigenvalue weighted by Gasteiger charge is -2.33. The first-order chi connectivity index (χ1) is 13.6. The molecule has 1 atom stereocenters. The number of amides is 2. The van der Waals surface area contributed by atoms with E-state index in [-0.39, 0.29) is 6.03 Å². The molecule has 3 aromatic rings. The van der Waals surface area contributed by atoms with Gasteiger partial charge in [-0.2, -0.15) is 0 Å². The number of nitrogens with zero attached hydrogens (tertiary/aromatic N) is 4. The number of carbonyl (C=O) groups is 1. The van der Waals surface area contributed by atoms with Crippen LogP contribution in [0.3, 0.4) is 0 Å². The van der Waals surface area contributed by atoms with Crippen molar-refractivity contribution < 1.29 is 9.53 Å². The summed E-state index contributed by atoms with van der Waals surface area (Å²) in [5, 5.41) is 3.48. The first kappa shape index (κ1) is 18.6. The first-order valence-electron chi connectivity index (χ1n) is 9.29. The quantitative estimate of drug-likeness (QED) is 0.718. The van der Waals surface area contributed by atoms with Gasteiger partial charge in [0.05, 0.1) is 19.1 Å². The van der Waals surface area contributed by atoms with Gasteiger partial charge in [-0.05, 0) is 49.1 Å². The predicted molar refractivity (Wildman–Crippen MR) is 109 cm³/mol. The highest BCUT2D eigenvalue weighted by Gasteiger charge is 2.25. The molecule has 3 heterocycles. The fourth-order valence-corrected chi connectivity index (χ4v) is 3.85. The Morgan fingerprint density at radius 1 is 1.36 bits per heavy atom. The van der Waals surface area contributed by atoms with Crippen LogP contribution in [0.1, 0.15) is 12.8 Å². The van der Waals surface area contributed by atoms with Gasteiger partial charge in [-0.15, -0.1) is 0 Å². The van der Waals surface area contributed by atoms with E-state index in [0.29, 0.717) is 28.9 Å². The molecule has 0 radical (unpaired) electrons. The topological polar surface area (TPSA) is 72.3 Å². The van der Waals surface area contributed by atoms with Gasteiger partial charge in [-0.3, -0.25) is 0 Å². The summed E-state index contributed by atoms with van der Waals surface area (Å²) in [5.74, 6) is 0.933. The second kappa shape index (κ2) is 8.06. The minimum absolute atomic E-state index is 0.140. The Balaban J connectivity index is 1.43. The summed E-state index contributed by atoms with van der Waals surface area (Å²) in [5.41, 5.74) is 2.35. The summed E-state index contributed by atoms with van der Waals surface area (Å²) < 4.78 is 7.38. The first-order valence-corrected chi connectivity index (χ1v) is 9.67. The van der Waals surface area contributed by atoms with Crippen LogP contribution in [0.15, 0.2) is 42.9 Å². The van der Waals surface area contributed by atoms with Crippen LogP contribution in [0.2, 0.25) is 5.02 Å². The summed E-state index contributed by atoms with van der Waals surface area (Å²) in [6.45, 7) is 2.20. The predicted octanol–water partition coefficient (Wildman–Crippen LogP) is 4.04. The van der Waals surface area contributed by atoms with Crippen LogP contribution in [-0.2, 0) is 6.54 Å². The number of anilines is 1. The van der Waals surface area contributed by atoms with E-state index < -0.39 is 0 Å². The molecule has 1 N–H and O–H groups in total. The normalized spacial score (nSPS) is 16.9. The fourth-order valence-electron chi connectivity index (χ4n) is 3.68. The van der Waals surface area contributed by atoms with Crippen LogP contribution in [-0.4, -0.2) is 45.7 Å². The van der Waals surface area contributed by atoms with Crippen LogP contribution >= 0.6 is 11.6 Å². The highest BCUT2D eigenvalue weighted by molar-refractivity contribution is 6.31. The zero-order chi connectivity index (χ0) is 19.5. The minimum atomic E-state index is -0.140. The van der Waals surface area contributed by atoms with Gasteiger partial charge in [0.15, 0.2) is 5.65 Å². The molecule has 1 saturated heterocycles. The Morgan fingerprint density at radius 2 is 2.25 bits per heavy atom. The minimum Gasteiger partial charge on any atom is -0.495 e. The number of fused-ring (bicyclic) bond motifs is 1. The summed E-state index contributed by atoms with van der Waals surface area (Å²) in [6.07, 6.45) is 5.63. The number of imidazole rings is 1. The SMILES string of the molecule is COc1ccc(Cl)cc1NC(=O)N1CCCC(Cn2cnc3cccnc32)C1. The van der Waals surface area contributed by atoms with E-state index in [1.807, 2.05) is 23.4 Å². The molecule has 4 rings (SSSR count). The van der Waals surface area contributed by atoms with Crippen LogP contribution < -0.4 is 10.1 Å². The number of halogens is 1. The number of pyridine rings is 1. The molecule has 7 nitrogen and oxygen atoms in total. The summed E-state index contributed by atoms with van der Waals surface area (Å²) in [7, 11) is 1.57. The number of urea groups is 1. The number of piperidine rings is 1. The van der Waals surface area contributed by atoms with Crippen molar-refractivity contribution >= 4 is 34.5 Å². The monoisotopic (exact) mass is 399 g/mol. The van der Waals surface area contributed by atoms with Crippen molar-refractivity contribution in [3.63, 3.8) is 0 Å². The standard InChI is InChI=1S/C20H22ClN5O2/c1-28-18-7-6-15(21)10-17(18)24-20(27)25-9-3-4-14(11-25)12-26-13-23-16-5-2-8-22-19(16)26/h2,5-8,10,13-14H,3-4,9,11-12H2,1H3,(H,24,27). The van der Waals surface area contributed by atoms with Crippen molar-refractivity contribution in [2.45, 2.75) is 19.4 Å². The molecule has 1 aliphatic heterocycles. The number of rotatable bonds is 4. The molecule has 0 aliphatic carbocycles. The van der Waals surface area contributed by atoms with Gasteiger partial charge in [0.1, 0.15) is 11.3 Å². The molecule has 8 heteroatoms. The summed E-state index contributed by atoms with van der Waals surface area (Å²) in [4.78, 5) is 23.5. The number of carbonyl (C=O) groups excluding carboxylic acids is 1. The number of methoxy groups -OCH3 is 1. The molecule has 28 heavy (non-hydrogen) atoms. The lowest BCUT2D eigenvalue weighted by molar-refractivity contribution is 0.171. The number of ether oxygens (including phenoxy) is 1. The van der Waals surface area contributed by atoms with E-state index in [1.165, 1.54) is 0 Å². The molecule has 0 spiro atoms. The average Bonchev–Trinajstić information content (AvgIpc) is 3.11. The zero-order valence-corrected chi connectivity index (χ0v) is 16.4. The highest BCUT2D eigenvalue weighted by Crippen LogP contribution is 2.28. The number of hydrogen-bond donors (Lipinski definition) is 1. The van der Waals surface area contributed by atoms with Gasteiger partial charge in [0.2, 0.25) is 0 Å². The van der Waals surface area contributed by atoms with Gasteiger partial charge in [-0.25, -0.2) is 14.8 Å². The van der Waals surface area contributed by atoms with E-state index in [2.05, 4.69) is 19.9 Å². The van der Waals surface area contributed by atoms with Crippen molar-refractivity contribution in [1.82, 2.24) is 19.4 Å². The van der Waals surface area contributed by atoms with E-state index in [0.717, 1.165) is 37.1 Å². The Kier molecular flexibility index (Phi) is 5.34. The fraction of sp³-hybridized carbons (Fsp3) is 0.350.